The van der Waals surface area contributed by atoms with Gasteiger partial charge in [0.15, 0.2) is 0 Å². The Bertz CT molecular complexity index is 646. The summed E-state index contributed by atoms with van der Waals surface area (Å²) in [5.74, 6) is -1.07. The largest absolute Gasteiger partial charge is 0.333 e. The maximum absolute atomic E-state index is 12.5. The maximum atomic E-state index is 12.5. The molecule has 26 heavy (non-hydrogen) atoms. The fourth-order valence-corrected chi connectivity index (χ4v) is 3.26. The van der Waals surface area contributed by atoms with Crippen molar-refractivity contribution in [3.63, 3.8) is 0 Å². The van der Waals surface area contributed by atoms with Crippen LogP contribution in [0.1, 0.15) is 51.0 Å². The van der Waals surface area contributed by atoms with Gasteiger partial charge in [0, 0.05) is 18.0 Å². The van der Waals surface area contributed by atoms with Crippen LogP contribution in [0.2, 0.25) is 5.02 Å². The maximum Gasteiger partial charge on any atom is 0.257 e. The van der Waals surface area contributed by atoms with E-state index in [-0.39, 0.29) is 24.3 Å². The van der Waals surface area contributed by atoms with Crippen molar-refractivity contribution >= 4 is 29.3 Å². The molecule has 7 heteroatoms. The summed E-state index contributed by atoms with van der Waals surface area (Å²) in [5.41, 5.74) is 5.75. The first-order valence-corrected chi connectivity index (χ1v) is 9.38. The Hall–Kier alpha value is -2.08. The molecule has 1 aromatic carbocycles. The Kier molecular flexibility index (Phi) is 7.45. The lowest BCUT2D eigenvalue weighted by atomic mass is 9.88. The molecule has 3 amide bonds. The van der Waals surface area contributed by atoms with Crippen molar-refractivity contribution < 1.29 is 14.4 Å². The lowest BCUT2D eigenvalue weighted by Crippen LogP contribution is -2.49. The first-order valence-electron chi connectivity index (χ1n) is 9.00. The predicted molar refractivity (Wildman–Crippen MR) is 100 cm³/mol. The van der Waals surface area contributed by atoms with Crippen LogP contribution in [-0.4, -0.2) is 35.7 Å². The minimum Gasteiger partial charge on any atom is -0.333 e. The standard InChI is InChI=1S/C19H26ClN3O3/c1-13(2)18(14-7-9-15(20)10-8-14)19(26)22-21-16(24)12-23-11-5-3-4-6-17(23)25/h7-10,13,18H,3-6,11-12H2,1-2H3,(H,21,24)(H,22,26)/t18-/m0/s1. The third kappa shape index (κ3) is 5.73. The van der Waals surface area contributed by atoms with E-state index in [1.807, 2.05) is 26.0 Å². The number of carbonyl (C=O) groups is 3. The number of benzene rings is 1. The van der Waals surface area contributed by atoms with E-state index in [4.69, 9.17) is 11.6 Å². The zero-order valence-electron chi connectivity index (χ0n) is 15.3. The second-order valence-corrected chi connectivity index (χ2v) is 7.37. The van der Waals surface area contributed by atoms with Gasteiger partial charge < -0.3 is 4.90 Å². The molecule has 1 atom stereocenters. The molecular formula is C19H26ClN3O3. The highest BCUT2D eigenvalue weighted by molar-refractivity contribution is 6.30. The molecular weight excluding hydrogens is 354 g/mol. The Morgan fingerprint density at radius 2 is 1.81 bits per heavy atom. The average molecular weight is 380 g/mol. The highest BCUT2D eigenvalue weighted by Gasteiger charge is 2.25. The summed E-state index contributed by atoms with van der Waals surface area (Å²) < 4.78 is 0. The lowest BCUT2D eigenvalue weighted by Gasteiger charge is -2.22. The highest BCUT2D eigenvalue weighted by atomic mass is 35.5. The smallest absolute Gasteiger partial charge is 0.257 e. The van der Waals surface area contributed by atoms with Crippen LogP contribution in [0.25, 0.3) is 0 Å². The SMILES string of the molecule is CC(C)[C@H](C(=O)NNC(=O)CN1CCCCCC1=O)c1ccc(Cl)cc1. The molecule has 1 fully saturated rings. The van der Waals surface area contributed by atoms with Gasteiger partial charge in [-0.05, 0) is 36.5 Å². The van der Waals surface area contributed by atoms with Gasteiger partial charge >= 0.3 is 0 Å². The molecule has 2 N–H and O–H groups in total. The molecule has 0 aliphatic carbocycles. The van der Waals surface area contributed by atoms with Crippen molar-refractivity contribution in [1.29, 1.82) is 0 Å². The van der Waals surface area contributed by atoms with Crippen LogP contribution in [0.5, 0.6) is 0 Å². The molecule has 1 aliphatic rings. The van der Waals surface area contributed by atoms with Gasteiger partial charge in [-0.15, -0.1) is 0 Å². The molecule has 1 saturated heterocycles. The molecule has 0 unspecified atom stereocenters. The fraction of sp³-hybridized carbons (Fsp3) is 0.526. The number of rotatable bonds is 5. The number of amides is 3. The minimum absolute atomic E-state index is 0.00908. The van der Waals surface area contributed by atoms with Crippen LogP contribution >= 0.6 is 11.6 Å². The first kappa shape index (κ1) is 20.2. The molecule has 6 nitrogen and oxygen atoms in total. The normalized spacial score (nSPS) is 16.2. The number of halogens is 1. The number of nitrogens with one attached hydrogen (secondary N) is 2. The topological polar surface area (TPSA) is 78.5 Å². The lowest BCUT2D eigenvalue weighted by molar-refractivity contribution is -0.137. The van der Waals surface area contributed by atoms with E-state index in [0.29, 0.717) is 18.0 Å². The van der Waals surface area contributed by atoms with Gasteiger partial charge in [0.05, 0.1) is 5.92 Å². The Morgan fingerprint density at radius 1 is 1.12 bits per heavy atom. The Morgan fingerprint density at radius 3 is 2.46 bits per heavy atom. The molecule has 1 aliphatic heterocycles. The van der Waals surface area contributed by atoms with Gasteiger partial charge in [-0.2, -0.15) is 0 Å². The van der Waals surface area contributed by atoms with Gasteiger partial charge in [-0.3, -0.25) is 25.2 Å². The van der Waals surface area contributed by atoms with Crippen LogP contribution in [0.4, 0.5) is 0 Å². The van der Waals surface area contributed by atoms with E-state index < -0.39 is 11.8 Å². The van der Waals surface area contributed by atoms with E-state index in [2.05, 4.69) is 10.9 Å². The second kappa shape index (κ2) is 9.57. The van der Waals surface area contributed by atoms with Crippen LogP contribution in [0.15, 0.2) is 24.3 Å². The number of nitrogens with zero attached hydrogens (tertiary/aromatic N) is 1. The molecule has 0 spiro atoms. The van der Waals surface area contributed by atoms with Gasteiger partial charge in [0.25, 0.3) is 5.91 Å². The Labute approximate surface area is 159 Å². The van der Waals surface area contributed by atoms with Crippen molar-refractivity contribution in [2.24, 2.45) is 5.92 Å². The van der Waals surface area contributed by atoms with E-state index in [0.717, 1.165) is 24.8 Å². The van der Waals surface area contributed by atoms with E-state index in [1.54, 1.807) is 17.0 Å². The summed E-state index contributed by atoms with van der Waals surface area (Å²) in [7, 11) is 0. The number of hydrogen-bond acceptors (Lipinski definition) is 3. The minimum atomic E-state index is -0.410. The summed E-state index contributed by atoms with van der Waals surface area (Å²) in [4.78, 5) is 38.2. The van der Waals surface area contributed by atoms with E-state index in [9.17, 15) is 14.4 Å². The number of hydrazine groups is 1. The van der Waals surface area contributed by atoms with Crippen LogP contribution in [-0.2, 0) is 14.4 Å². The summed E-state index contributed by atoms with van der Waals surface area (Å²) >= 11 is 5.90. The predicted octanol–water partition coefficient (Wildman–Crippen LogP) is 2.63. The van der Waals surface area contributed by atoms with Crippen LogP contribution in [0, 0.1) is 5.92 Å². The second-order valence-electron chi connectivity index (χ2n) is 6.94. The van der Waals surface area contributed by atoms with Gasteiger partial charge in [-0.25, -0.2) is 0 Å². The van der Waals surface area contributed by atoms with Gasteiger partial charge in [-0.1, -0.05) is 44.0 Å². The average Bonchev–Trinajstić information content (AvgIpc) is 2.79. The van der Waals surface area contributed by atoms with Gasteiger partial charge in [0.1, 0.15) is 6.54 Å². The first-order chi connectivity index (χ1) is 12.4. The van der Waals surface area contributed by atoms with Crippen molar-refractivity contribution in [3.8, 4) is 0 Å². The number of carbonyl (C=O) groups excluding carboxylic acids is 3. The molecule has 1 heterocycles. The van der Waals surface area contributed by atoms with Crippen molar-refractivity contribution in [3.05, 3.63) is 34.9 Å². The molecule has 0 bridgehead atoms. The summed E-state index contributed by atoms with van der Waals surface area (Å²) in [6.45, 7) is 4.43. The fourth-order valence-electron chi connectivity index (χ4n) is 3.14. The summed E-state index contributed by atoms with van der Waals surface area (Å²) in [6.07, 6.45) is 3.24. The van der Waals surface area contributed by atoms with E-state index in [1.165, 1.54) is 0 Å². The van der Waals surface area contributed by atoms with Crippen molar-refractivity contribution in [2.75, 3.05) is 13.1 Å². The molecule has 142 valence electrons. The molecule has 0 saturated carbocycles. The van der Waals surface area contributed by atoms with Crippen molar-refractivity contribution in [2.45, 2.75) is 45.4 Å². The zero-order valence-corrected chi connectivity index (χ0v) is 16.0. The zero-order chi connectivity index (χ0) is 19.1. The molecule has 0 aromatic heterocycles. The van der Waals surface area contributed by atoms with E-state index >= 15 is 0 Å². The Balaban J connectivity index is 1.91. The quantitative estimate of drug-likeness (QED) is 0.772. The molecule has 0 radical (unpaired) electrons. The van der Waals surface area contributed by atoms with Crippen LogP contribution in [0.3, 0.4) is 0 Å². The summed E-state index contributed by atoms with van der Waals surface area (Å²) in [5, 5.41) is 0.604. The van der Waals surface area contributed by atoms with Crippen molar-refractivity contribution in [1.82, 2.24) is 15.8 Å². The summed E-state index contributed by atoms with van der Waals surface area (Å²) in [6, 6.07) is 7.10. The third-order valence-electron chi connectivity index (χ3n) is 4.51. The molecule has 2 rings (SSSR count). The monoisotopic (exact) mass is 379 g/mol. The highest BCUT2D eigenvalue weighted by Crippen LogP contribution is 2.25. The van der Waals surface area contributed by atoms with Crippen LogP contribution < -0.4 is 10.9 Å². The third-order valence-corrected chi connectivity index (χ3v) is 4.76. The number of hydrogen-bond donors (Lipinski definition) is 2. The van der Waals surface area contributed by atoms with Gasteiger partial charge in [0.2, 0.25) is 11.8 Å². The molecule has 1 aromatic rings. The number of likely N-dealkylation sites (tertiary alicyclic amines) is 1.